The Bertz CT molecular complexity index is 852. The van der Waals surface area contributed by atoms with E-state index in [1.54, 1.807) is 12.3 Å². The molecule has 0 N–H and O–H groups in total. The second-order valence-electron chi connectivity index (χ2n) is 6.62. The molecule has 5 nitrogen and oxygen atoms in total. The molecule has 0 bridgehead atoms. The predicted molar refractivity (Wildman–Crippen MR) is 95.1 cm³/mol. The number of aryl methyl sites for hydroxylation is 1. The number of amides is 1. The predicted octanol–water partition coefficient (Wildman–Crippen LogP) is 3.61. The standard InChI is InChI=1S/C20H21N3O2/c1-15-11-21-19(17-5-3-2-4-6-17)23(15)13-16-7-9-22(12-16)20(24)18-8-10-25-14-18/h2-6,8,10-11,14,16H,7,9,12-13H2,1H3. The van der Waals surface area contributed by atoms with Crippen molar-refractivity contribution >= 4 is 5.91 Å². The van der Waals surface area contributed by atoms with Gasteiger partial charge in [-0.1, -0.05) is 30.3 Å². The van der Waals surface area contributed by atoms with Crippen molar-refractivity contribution in [3.8, 4) is 11.4 Å². The van der Waals surface area contributed by atoms with E-state index in [0.29, 0.717) is 11.5 Å². The van der Waals surface area contributed by atoms with Crippen LogP contribution in [-0.2, 0) is 6.54 Å². The zero-order valence-corrected chi connectivity index (χ0v) is 14.3. The summed E-state index contributed by atoms with van der Waals surface area (Å²) < 4.78 is 7.30. The lowest BCUT2D eigenvalue weighted by atomic mass is 10.1. The van der Waals surface area contributed by atoms with E-state index in [1.807, 2.05) is 29.3 Å². The number of nitrogens with zero attached hydrogens (tertiary/aromatic N) is 3. The number of carbonyl (C=O) groups is 1. The summed E-state index contributed by atoms with van der Waals surface area (Å²) in [7, 11) is 0. The van der Waals surface area contributed by atoms with Crippen LogP contribution in [0.15, 0.2) is 59.5 Å². The van der Waals surface area contributed by atoms with Crippen molar-refractivity contribution in [2.75, 3.05) is 13.1 Å². The highest BCUT2D eigenvalue weighted by Gasteiger charge is 2.28. The van der Waals surface area contributed by atoms with Crippen LogP contribution in [0.3, 0.4) is 0 Å². The first-order valence-electron chi connectivity index (χ1n) is 8.61. The van der Waals surface area contributed by atoms with Crippen LogP contribution in [0.2, 0.25) is 0 Å². The molecule has 3 heterocycles. The van der Waals surface area contributed by atoms with Crippen LogP contribution in [0.1, 0.15) is 22.5 Å². The van der Waals surface area contributed by atoms with Gasteiger partial charge < -0.3 is 13.9 Å². The minimum atomic E-state index is 0.0573. The summed E-state index contributed by atoms with van der Waals surface area (Å²) in [6.45, 7) is 4.53. The van der Waals surface area contributed by atoms with Gasteiger partial charge in [-0.2, -0.15) is 0 Å². The van der Waals surface area contributed by atoms with Gasteiger partial charge in [-0.05, 0) is 25.3 Å². The Labute approximate surface area is 146 Å². The Hall–Kier alpha value is -2.82. The molecular weight excluding hydrogens is 314 g/mol. The molecule has 0 radical (unpaired) electrons. The minimum Gasteiger partial charge on any atom is -0.472 e. The van der Waals surface area contributed by atoms with Crippen LogP contribution < -0.4 is 0 Å². The number of hydrogen-bond donors (Lipinski definition) is 0. The maximum absolute atomic E-state index is 12.5. The topological polar surface area (TPSA) is 51.3 Å². The van der Waals surface area contributed by atoms with Gasteiger partial charge in [-0.3, -0.25) is 4.79 Å². The molecule has 0 aliphatic carbocycles. The molecule has 1 aliphatic rings. The first kappa shape index (κ1) is 15.7. The zero-order valence-electron chi connectivity index (χ0n) is 14.3. The van der Waals surface area contributed by atoms with Gasteiger partial charge in [0, 0.05) is 37.1 Å². The largest absolute Gasteiger partial charge is 0.472 e. The monoisotopic (exact) mass is 335 g/mol. The van der Waals surface area contributed by atoms with Crippen molar-refractivity contribution in [2.45, 2.75) is 19.9 Å². The van der Waals surface area contributed by atoms with Gasteiger partial charge >= 0.3 is 0 Å². The molecule has 1 aliphatic heterocycles. The third-order valence-electron chi connectivity index (χ3n) is 4.87. The summed E-state index contributed by atoms with van der Waals surface area (Å²) in [6.07, 6.45) is 5.99. The number of carbonyl (C=O) groups excluding carboxylic acids is 1. The fourth-order valence-corrected chi connectivity index (χ4v) is 3.50. The molecular formula is C20H21N3O2. The van der Waals surface area contributed by atoms with Crippen LogP contribution in [-0.4, -0.2) is 33.4 Å². The maximum Gasteiger partial charge on any atom is 0.257 e. The fraction of sp³-hybridized carbons (Fsp3) is 0.300. The highest BCUT2D eigenvalue weighted by Crippen LogP contribution is 2.25. The van der Waals surface area contributed by atoms with E-state index in [2.05, 4.69) is 28.6 Å². The molecule has 128 valence electrons. The number of aromatic nitrogens is 2. The van der Waals surface area contributed by atoms with E-state index in [0.717, 1.165) is 43.1 Å². The third kappa shape index (κ3) is 3.09. The first-order chi connectivity index (χ1) is 12.2. The molecule has 0 spiro atoms. The Kier molecular flexibility index (Phi) is 4.14. The maximum atomic E-state index is 12.5. The molecule has 2 aromatic heterocycles. The molecule has 1 fully saturated rings. The van der Waals surface area contributed by atoms with Crippen molar-refractivity contribution in [3.05, 3.63) is 66.4 Å². The zero-order chi connectivity index (χ0) is 17.2. The lowest BCUT2D eigenvalue weighted by Gasteiger charge is -2.17. The summed E-state index contributed by atoms with van der Waals surface area (Å²) in [5, 5.41) is 0. The van der Waals surface area contributed by atoms with Gasteiger partial charge in [0.05, 0.1) is 11.8 Å². The van der Waals surface area contributed by atoms with Crippen molar-refractivity contribution in [1.29, 1.82) is 0 Å². The lowest BCUT2D eigenvalue weighted by molar-refractivity contribution is 0.0785. The fourth-order valence-electron chi connectivity index (χ4n) is 3.50. The van der Waals surface area contributed by atoms with E-state index in [4.69, 9.17) is 4.42 Å². The van der Waals surface area contributed by atoms with Gasteiger partial charge in [0.1, 0.15) is 12.1 Å². The molecule has 1 aromatic carbocycles. The average molecular weight is 335 g/mol. The molecule has 4 rings (SSSR count). The summed E-state index contributed by atoms with van der Waals surface area (Å²) in [6, 6.07) is 12.0. The normalized spacial score (nSPS) is 17.2. The molecule has 5 heteroatoms. The van der Waals surface area contributed by atoms with Crippen molar-refractivity contribution < 1.29 is 9.21 Å². The van der Waals surface area contributed by atoms with E-state index < -0.39 is 0 Å². The molecule has 1 saturated heterocycles. The van der Waals surface area contributed by atoms with Crippen LogP contribution in [0, 0.1) is 12.8 Å². The van der Waals surface area contributed by atoms with E-state index >= 15 is 0 Å². The van der Waals surface area contributed by atoms with Crippen LogP contribution in [0.4, 0.5) is 0 Å². The number of hydrogen-bond acceptors (Lipinski definition) is 3. The number of benzene rings is 1. The number of furan rings is 1. The van der Waals surface area contributed by atoms with Crippen LogP contribution >= 0.6 is 0 Å². The quantitative estimate of drug-likeness (QED) is 0.732. The van der Waals surface area contributed by atoms with E-state index in [-0.39, 0.29) is 5.91 Å². The Morgan fingerprint density at radius 1 is 1.28 bits per heavy atom. The molecule has 25 heavy (non-hydrogen) atoms. The summed E-state index contributed by atoms with van der Waals surface area (Å²) in [5.74, 6) is 1.49. The molecule has 1 atom stereocenters. The Balaban J connectivity index is 1.49. The summed E-state index contributed by atoms with van der Waals surface area (Å²) >= 11 is 0. The van der Waals surface area contributed by atoms with Crippen LogP contribution in [0.5, 0.6) is 0 Å². The number of rotatable bonds is 4. The second-order valence-corrected chi connectivity index (χ2v) is 6.62. The lowest BCUT2D eigenvalue weighted by Crippen LogP contribution is -2.29. The second kappa shape index (κ2) is 6.59. The average Bonchev–Trinajstić information content (AvgIpc) is 3.38. The first-order valence-corrected chi connectivity index (χ1v) is 8.61. The van der Waals surface area contributed by atoms with E-state index in [9.17, 15) is 4.79 Å². The van der Waals surface area contributed by atoms with Crippen molar-refractivity contribution in [1.82, 2.24) is 14.5 Å². The van der Waals surface area contributed by atoms with E-state index in [1.165, 1.54) is 6.26 Å². The molecule has 1 amide bonds. The Morgan fingerprint density at radius 3 is 2.88 bits per heavy atom. The molecule has 1 unspecified atom stereocenters. The van der Waals surface area contributed by atoms with Gasteiger partial charge in [-0.25, -0.2) is 4.98 Å². The van der Waals surface area contributed by atoms with Crippen molar-refractivity contribution in [3.63, 3.8) is 0 Å². The van der Waals surface area contributed by atoms with Gasteiger partial charge in [0.25, 0.3) is 5.91 Å². The highest BCUT2D eigenvalue weighted by atomic mass is 16.3. The minimum absolute atomic E-state index is 0.0573. The van der Waals surface area contributed by atoms with Crippen LogP contribution in [0.25, 0.3) is 11.4 Å². The summed E-state index contributed by atoms with van der Waals surface area (Å²) in [5.41, 5.74) is 2.91. The summed E-state index contributed by atoms with van der Waals surface area (Å²) in [4.78, 5) is 19.0. The number of imidazole rings is 1. The number of likely N-dealkylation sites (tertiary alicyclic amines) is 1. The van der Waals surface area contributed by atoms with Gasteiger partial charge in [-0.15, -0.1) is 0 Å². The highest BCUT2D eigenvalue weighted by molar-refractivity contribution is 5.94. The third-order valence-corrected chi connectivity index (χ3v) is 4.87. The van der Waals surface area contributed by atoms with Crippen molar-refractivity contribution in [2.24, 2.45) is 5.92 Å². The smallest absolute Gasteiger partial charge is 0.257 e. The Morgan fingerprint density at radius 2 is 2.12 bits per heavy atom. The molecule has 3 aromatic rings. The van der Waals surface area contributed by atoms with Gasteiger partial charge in [0.2, 0.25) is 0 Å². The van der Waals surface area contributed by atoms with Gasteiger partial charge in [0.15, 0.2) is 0 Å². The SMILES string of the molecule is Cc1cnc(-c2ccccc2)n1CC1CCN(C(=O)c2ccoc2)C1. The molecule has 0 saturated carbocycles.